The van der Waals surface area contributed by atoms with Gasteiger partial charge in [0.1, 0.15) is 0 Å². The van der Waals surface area contributed by atoms with E-state index in [-0.39, 0.29) is 5.92 Å². The second-order valence-corrected chi connectivity index (χ2v) is 20.1. The van der Waals surface area contributed by atoms with E-state index in [0.717, 1.165) is 5.69 Å². The van der Waals surface area contributed by atoms with Crippen molar-refractivity contribution >= 4 is 75.5 Å². The molecule has 11 aromatic rings. The van der Waals surface area contributed by atoms with Crippen LogP contribution in [-0.4, -0.2) is 4.57 Å². The van der Waals surface area contributed by atoms with Gasteiger partial charge in [0.25, 0.3) is 0 Å². The number of thiophene rings is 1. The van der Waals surface area contributed by atoms with Gasteiger partial charge in [-0.1, -0.05) is 178 Å². The molecule has 2 atom stereocenters. The molecule has 1 fully saturated rings. The topological polar surface area (TPSA) is 8.17 Å². The van der Waals surface area contributed by atoms with Gasteiger partial charge in [0, 0.05) is 59.5 Å². The SMILES string of the molecule is CC1C=CC(N(c2ccc(-c3cccc4sc5ccccc5c34)cc2)c2ccccc2-c2cccc3cccc(C4CCCCC4)c23)=CC1c1ccc2c(c1)c1ccccc1n2-c1ccccc1. The van der Waals surface area contributed by atoms with Crippen LogP contribution in [0.15, 0.2) is 224 Å². The van der Waals surface area contributed by atoms with Crippen LogP contribution in [0.5, 0.6) is 0 Å². The fraction of sp³-hybridized carbons (Fsp3) is 0.138. The molecule has 2 heterocycles. The number of rotatable bonds is 8. The van der Waals surface area contributed by atoms with Gasteiger partial charge >= 0.3 is 0 Å². The third kappa shape index (κ3) is 6.90. The summed E-state index contributed by atoms with van der Waals surface area (Å²) in [4.78, 5) is 2.54. The van der Waals surface area contributed by atoms with Gasteiger partial charge in [0.15, 0.2) is 0 Å². The largest absolute Gasteiger partial charge is 0.310 e. The van der Waals surface area contributed by atoms with Gasteiger partial charge in [0.2, 0.25) is 0 Å². The van der Waals surface area contributed by atoms with Crippen molar-refractivity contribution in [3.63, 3.8) is 0 Å². The van der Waals surface area contributed by atoms with E-state index in [1.807, 2.05) is 11.3 Å². The molecule has 2 nitrogen and oxygen atoms in total. The van der Waals surface area contributed by atoms with E-state index in [1.165, 1.54) is 135 Å². The third-order valence-electron chi connectivity index (χ3n) is 15.1. The van der Waals surface area contributed by atoms with E-state index < -0.39 is 0 Å². The molecule has 2 aliphatic carbocycles. The first-order chi connectivity index (χ1) is 33.7. The predicted octanol–water partition coefficient (Wildman–Crippen LogP) is 18.7. The molecule has 0 saturated heterocycles. The summed E-state index contributed by atoms with van der Waals surface area (Å²) in [5, 5.41) is 7.96. The van der Waals surface area contributed by atoms with Gasteiger partial charge in [-0.05, 0) is 130 Å². The number of benzene rings is 9. The van der Waals surface area contributed by atoms with Crippen LogP contribution in [0.1, 0.15) is 62.0 Å². The molecule has 0 bridgehead atoms. The highest BCUT2D eigenvalue weighted by molar-refractivity contribution is 7.25. The maximum Gasteiger partial charge on any atom is 0.0541 e. The molecular formula is C65H52N2S. The number of allylic oxidation sites excluding steroid dienone is 3. The van der Waals surface area contributed by atoms with E-state index in [4.69, 9.17) is 0 Å². The Bertz CT molecular complexity index is 3740. The molecule has 3 heteroatoms. The molecule has 0 radical (unpaired) electrons. The molecule has 0 amide bonds. The van der Waals surface area contributed by atoms with Crippen molar-refractivity contribution in [2.75, 3.05) is 4.90 Å². The highest BCUT2D eigenvalue weighted by atomic mass is 32.1. The van der Waals surface area contributed by atoms with Crippen molar-refractivity contribution in [1.82, 2.24) is 4.57 Å². The zero-order valence-corrected chi connectivity index (χ0v) is 39.2. The lowest BCUT2D eigenvalue weighted by atomic mass is 9.80. The monoisotopic (exact) mass is 892 g/mol. The zero-order chi connectivity index (χ0) is 45.1. The van der Waals surface area contributed by atoms with Crippen LogP contribution in [0.2, 0.25) is 0 Å². The van der Waals surface area contributed by atoms with Crippen LogP contribution in [0, 0.1) is 5.92 Å². The van der Waals surface area contributed by atoms with E-state index in [0.29, 0.717) is 11.8 Å². The average molecular weight is 893 g/mol. The Labute approximate surface area is 402 Å². The van der Waals surface area contributed by atoms with Gasteiger partial charge in [-0.2, -0.15) is 0 Å². The summed E-state index contributed by atoms with van der Waals surface area (Å²) in [6.45, 7) is 2.37. The van der Waals surface area contributed by atoms with Crippen LogP contribution in [0.3, 0.4) is 0 Å². The minimum absolute atomic E-state index is 0.159. The van der Waals surface area contributed by atoms with Crippen LogP contribution >= 0.6 is 11.3 Å². The van der Waals surface area contributed by atoms with E-state index in [1.54, 1.807) is 0 Å². The highest BCUT2D eigenvalue weighted by Gasteiger charge is 2.27. The maximum absolute atomic E-state index is 2.54. The number of hydrogen-bond donors (Lipinski definition) is 0. The second-order valence-electron chi connectivity index (χ2n) is 19.1. The van der Waals surface area contributed by atoms with Crippen LogP contribution in [0.25, 0.3) is 80.7 Å². The zero-order valence-electron chi connectivity index (χ0n) is 38.4. The van der Waals surface area contributed by atoms with Crippen molar-refractivity contribution in [3.8, 4) is 27.9 Å². The maximum atomic E-state index is 2.54. The smallest absolute Gasteiger partial charge is 0.0541 e. The van der Waals surface area contributed by atoms with Crippen molar-refractivity contribution < 1.29 is 0 Å². The Morgan fingerprint density at radius 2 is 1.22 bits per heavy atom. The predicted molar refractivity (Wildman–Crippen MR) is 292 cm³/mol. The van der Waals surface area contributed by atoms with E-state index in [9.17, 15) is 0 Å². The Morgan fingerprint density at radius 1 is 0.529 bits per heavy atom. The highest BCUT2D eigenvalue weighted by Crippen LogP contribution is 2.47. The standard InChI is InChI=1S/C65H52N2S/c1-43-33-37-50(42-57(43)47-36-40-61-58(41-47)54-24-9-12-30-60(54)67(61)48-21-6-3-7-22-48)66(49-38-34-45(35-39-49)52-27-16-32-63-65(52)56-25-10-13-31-62(56)68-63)59-29-11-8-23-53(59)55-28-15-20-46-19-14-26-51(64(46)55)44-17-4-2-5-18-44/h3,6-16,19-44,57H,2,4-5,17-18H2,1H3. The third-order valence-corrected chi connectivity index (χ3v) is 16.2. The first-order valence-corrected chi connectivity index (χ1v) is 25.4. The molecule has 68 heavy (non-hydrogen) atoms. The Balaban J connectivity index is 0.983. The molecule has 328 valence electrons. The van der Waals surface area contributed by atoms with Gasteiger partial charge in [-0.15, -0.1) is 11.3 Å². The lowest BCUT2D eigenvalue weighted by molar-refractivity contribution is 0.445. The number of para-hydroxylation sites is 3. The molecule has 0 N–H and O–H groups in total. The molecule has 0 aliphatic heterocycles. The van der Waals surface area contributed by atoms with Crippen molar-refractivity contribution in [2.45, 2.75) is 50.9 Å². The molecule has 0 spiro atoms. The molecule has 1 saturated carbocycles. The average Bonchev–Trinajstić information content (AvgIpc) is 3.95. The Kier molecular flexibility index (Phi) is 10.2. The summed E-state index contributed by atoms with van der Waals surface area (Å²) in [5.74, 6) is 1.04. The summed E-state index contributed by atoms with van der Waals surface area (Å²) < 4.78 is 5.07. The molecule has 13 rings (SSSR count). The molecule has 9 aromatic carbocycles. The van der Waals surface area contributed by atoms with Crippen molar-refractivity contribution in [2.24, 2.45) is 5.92 Å². The summed E-state index contributed by atoms with van der Waals surface area (Å²) in [6.07, 6.45) is 13.8. The van der Waals surface area contributed by atoms with Crippen LogP contribution in [-0.2, 0) is 0 Å². The lowest BCUT2D eigenvalue weighted by Crippen LogP contribution is -2.21. The minimum Gasteiger partial charge on any atom is -0.310 e. The first kappa shape index (κ1) is 40.8. The van der Waals surface area contributed by atoms with E-state index >= 15 is 0 Å². The molecule has 2 unspecified atom stereocenters. The van der Waals surface area contributed by atoms with Gasteiger partial charge in [-0.3, -0.25) is 0 Å². The Morgan fingerprint density at radius 3 is 2.09 bits per heavy atom. The molecular weight excluding hydrogens is 841 g/mol. The summed E-state index contributed by atoms with van der Waals surface area (Å²) in [5.41, 5.74) is 15.0. The molecule has 2 aromatic heterocycles. The van der Waals surface area contributed by atoms with Crippen LogP contribution < -0.4 is 4.90 Å². The summed E-state index contributed by atoms with van der Waals surface area (Å²) in [7, 11) is 0. The minimum atomic E-state index is 0.159. The fourth-order valence-corrected chi connectivity index (χ4v) is 13.0. The number of aromatic nitrogens is 1. The van der Waals surface area contributed by atoms with Gasteiger partial charge in [0.05, 0.1) is 16.7 Å². The lowest BCUT2D eigenvalue weighted by Gasteiger charge is -2.33. The second kappa shape index (κ2) is 17.0. The Hall–Kier alpha value is -7.46. The van der Waals surface area contributed by atoms with Crippen molar-refractivity contribution in [1.29, 1.82) is 0 Å². The number of hydrogen-bond acceptors (Lipinski definition) is 2. The number of nitrogens with zero attached hydrogens (tertiary/aromatic N) is 2. The van der Waals surface area contributed by atoms with E-state index in [2.05, 4.69) is 235 Å². The number of anilines is 2. The quantitative estimate of drug-likeness (QED) is 0.148. The van der Waals surface area contributed by atoms with Crippen LogP contribution in [0.4, 0.5) is 11.4 Å². The fourth-order valence-electron chi connectivity index (χ4n) is 11.8. The normalized spacial score (nSPS) is 16.6. The first-order valence-electron chi connectivity index (χ1n) is 24.6. The van der Waals surface area contributed by atoms with Gasteiger partial charge < -0.3 is 9.47 Å². The summed E-state index contributed by atoms with van der Waals surface area (Å²) >= 11 is 1.88. The van der Waals surface area contributed by atoms with Crippen molar-refractivity contribution in [3.05, 3.63) is 235 Å². The summed E-state index contributed by atoms with van der Waals surface area (Å²) in [6, 6.07) is 74.9. The number of fused-ring (bicyclic) bond motifs is 7. The molecule has 2 aliphatic rings. The van der Waals surface area contributed by atoms with Gasteiger partial charge in [-0.25, -0.2) is 0 Å².